The molecule has 0 spiro atoms. The molecule has 4 heteroatoms. The van der Waals surface area contributed by atoms with E-state index in [2.05, 4.69) is 5.32 Å². The highest BCUT2D eigenvalue weighted by molar-refractivity contribution is 5.59. The summed E-state index contributed by atoms with van der Waals surface area (Å²) >= 11 is 0. The third-order valence-corrected chi connectivity index (χ3v) is 2.75. The third-order valence-electron chi connectivity index (χ3n) is 2.75. The summed E-state index contributed by atoms with van der Waals surface area (Å²) in [6, 6.07) is 18.2. The fourth-order valence-electron chi connectivity index (χ4n) is 1.70. The standard InChI is InChI=1S/C15H14N2O2/c16-10-14(18)15(19)11-6-8-13(9-7-11)17-12-4-2-1-3-5-12/h1-9,14-15,17-19H. The number of benzene rings is 2. The number of para-hydroxylation sites is 1. The molecule has 0 fully saturated rings. The van der Waals surface area contributed by atoms with Crippen molar-refractivity contribution in [3.05, 3.63) is 60.2 Å². The number of rotatable bonds is 4. The molecule has 0 aromatic heterocycles. The monoisotopic (exact) mass is 254 g/mol. The van der Waals surface area contributed by atoms with Crippen molar-refractivity contribution in [2.24, 2.45) is 0 Å². The maximum Gasteiger partial charge on any atom is 0.170 e. The summed E-state index contributed by atoms with van der Waals surface area (Å²) in [7, 11) is 0. The van der Waals surface area contributed by atoms with E-state index in [4.69, 9.17) is 5.26 Å². The first kappa shape index (κ1) is 13.1. The molecule has 96 valence electrons. The van der Waals surface area contributed by atoms with Gasteiger partial charge in [0.05, 0.1) is 6.07 Å². The number of nitrogens with one attached hydrogen (secondary N) is 1. The minimum atomic E-state index is -1.41. The van der Waals surface area contributed by atoms with Crippen LogP contribution >= 0.6 is 0 Å². The Balaban J connectivity index is 2.09. The topological polar surface area (TPSA) is 76.3 Å². The number of aliphatic hydroxyl groups is 2. The fraction of sp³-hybridized carbons (Fsp3) is 0.133. The molecule has 2 atom stereocenters. The molecule has 3 N–H and O–H groups in total. The summed E-state index contributed by atoms with van der Waals surface area (Å²) in [6.45, 7) is 0. The van der Waals surface area contributed by atoms with E-state index in [1.54, 1.807) is 30.3 Å². The molecule has 0 saturated heterocycles. The van der Waals surface area contributed by atoms with Gasteiger partial charge in [-0.2, -0.15) is 5.26 Å². The molecule has 2 aromatic rings. The molecular formula is C15H14N2O2. The van der Waals surface area contributed by atoms with Gasteiger partial charge in [0.25, 0.3) is 0 Å². The predicted molar refractivity (Wildman–Crippen MR) is 72.7 cm³/mol. The second kappa shape index (κ2) is 6.01. The summed E-state index contributed by atoms with van der Waals surface area (Å²) < 4.78 is 0. The van der Waals surface area contributed by atoms with Crippen LogP contribution in [0.4, 0.5) is 11.4 Å². The SMILES string of the molecule is N#CC(O)C(O)c1ccc(Nc2ccccc2)cc1. The molecule has 2 aromatic carbocycles. The second-order valence-corrected chi connectivity index (χ2v) is 4.13. The van der Waals surface area contributed by atoms with Gasteiger partial charge in [-0.1, -0.05) is 30.3 Å². The van der Waals surface area contributed by atoms with Crippen molar-refractivity contribution >= 4 is 11.4 Å². The molecule has 2 rings (SSSR count). The zero-order chi connectivity index (χ0) is 13.7. The molecule has 0 bridgehead atoms. The lowest BCUT2D eigenvalue weighted by Gasteiger charge is -2.13. The van der Waals surface area contributed by atoms with Crippen molar-refractivity contribution in [1.82, 2.24) is 0 Å². The van der Waals surface area contributed by atoms with Gasteiger partial charge >= 0.3 is 0 Å². The molecular weight excluding hydrogens is 240 g/mol. The van der Waals surface area contributed by atoms with Gasteiger partial charge in [-0.3, -0.25) is 0 Å². The first-order chi connectivity index (χ1) is 9.20. The quantitative estimate of drug-likeness (QED) is 0.732. The minimum absolute atomic E-state index is 0.507. The largest absolute Gasteiger partial charge is 0.385 e. The van der Waals surface area contributed by atoms with Crippen LogP contribution in [0.15, 0.2) is 54.6 Å². The van der Waals surface area contributed by atoms with Crippen molar-refractivity contribution in [2.45, 2.75) is 12.2 Å². The van der Waals surface area contributed by atoms with Crippen molar-refractivity contribution in [3.63, 3.8) is 0 Å². The second-order valence-electron chi connectivity index (χ2n) is 4.13. The highest BCUT2D eigenvalue weighted by atomic mass is 16.3. The van der Waals surface area contributed by atoms with Crippen LogP contribution in [0, 0.1) is 11.3 Å². The number of nitriles is 1. The van der Waals surface area contributed by atoms with Crippen molar-refractivity contribution in [1.29, 1.82) is 5.26 Å². The highest BCUT2D eigenvalue weighted by Crippen LogP contribution is 2.21. The Kier molecular flexibility index (Phi) is 4.14. The fourth-order valence-corrected chi connectivity index (χ4v) is 1.70. The summed E-state index contributed by atoms with van der Waals surface area (Å²) in [6.07, 6.45) is -2.59. The van der Waals surface area contributed by atoms with Crippen LogP contribution in [0.1, 0.15) is 11.7 Å². The van der Waals surface area contributed by atoms with Gasteiger partial charge in [0, 0.05) is 11.4 Å². The van der Waals surface area contributed by atoms with E-state index in [1.165, 1.54) is 0 Å². The molecule has 0 saturated carbocycles. The van der Waals surface area contributed by atoms with Gasteiger partial charge in [-0.25, -0.2) is 0 Å². The third kappa shape index (κ3) is 3.32. The maximum atomic E-state index is 9.68. The first-order valence-corrected chi connectivity index (χ1v) is 5.88. The maximum absolute atomic E-state index is 9.68. The number of hydrogen-bond acceptors (Lipinski definition) is 4. The van der Waals surface area contributed by atoms with E-state index in [9.17, 15) is 10.2 Å². The Morgan fingerprint density at radius 2 is 1.47 bits per heavy atom. The van der Waals surface area contributed by atoms with E-state index in [0.29, 0.717) is 5.56 Å². The van der Waals surface area contributed by atoms with E-state index in [0.717, 1.165) is 11.4 Å². The van der Waals surface area contributed by atoms with Crippen LogP contribution < -0.4 is 5.32 Å². The number of hydrogen-bond donors (Lipinski definition) is 3. The number of nitrogens with zero attached hydrogens (tertiary/aromatic N) is 1. The van der Waals surface area contributed by atoms with E-state index in [1.807, 2.05) is 30.3 Å². The van der Waals surface area contributed by atoms with Crippen LogP contribution in [0.3, 0.4) is 0 Å². The van der Waals surface area contributed by atoms with Gasteiger partial charge in [0.15, 0.2) is 6.10 Å². The van der Waals surface area contributed by atoms with E-state index in [-0.39, 0.29) is 0 Å². The Hall–Kier alpha value is -2.35. The minimum Gasteiger partial charge on any atom is -0.385 e. The van der Waals surface area contributed by atoms with Gasteiger partial charge in [-0.05, 0) is 29.8 Å². The van der Waals surface area contributed by atoms with E-state index >= 15 is 0 Å². The molecule has 0 amide bonds. The van der Waals surface area contributed by atoms with Crippen LogP contribution in [-0.4, -0.2) is 16.3 Å². The van der Waals surface area contributed by atoms with Crippen molar-refractivity contribution in [2.75, 3.05) is 5.32 Å². The molecule has 4 nitrogen and oxygen atoms in total. The molecule has 0 aliphatic heterocycles. The molecule has 0 radical (unpaired) electrons. The van der Waals surface area contributed by atoms with Crippen LogP contribution in [0.2, 0.25) is 0 Å². The Morgan fingerprint density at radius 3 is 2.05 bits per heavy atom. The van der Waals surface area contributed by atoms with Gasteiger partial charge < -0.3 is 15.5 Å². The van der Waals surface area contributed by atoms with Gasteiger partial charge in [0.1, 0.15) is 6.10 Å². The van der Waals surface area contributed by atoms with Gasteiger partial charge in [0.2, 0.25) is 0 Å². The Labute approximate surface area is 111 Å². The Bertz CT molecular complexity index is 561. The van der Waals surface area contributed by atoms with Crippen LogP contribution in [0.5, 0.6) is 0 Å². The average molecular weight is 254 g/mol. The zero-order valence-corrected chi connectivity index (χ0v) is 10.2. The van der Waals surface area contributed by atoms with Gasteiger partial charge in [-0.15, -0.1) is 0 Å². The summed E-state index contributed by atoms with van der Waals surface area (Å²) in [5.41, 5.74) is 2.34. The molecule has 0 aliphatic carbocycles. The average Bonchev–Trinajstić information content (AvgIpc) is 2.47. The normalized spacial score (nSPS) is 13.3. The zero-order valence-electron chi connectivity index (χ0n) is 10.2. The first-order valence-electron chi connectivity index (χ1n) is 5.88. The Morgan fingerprint density at radius 1 is 0.895 bits per heavy atom. The van der Waals surface area contributed by atoms with Crippen LogP contribution in [-0.2, 0) is 0 Å². The lowest BCUT2D eigenvalue weighted by atomic mass is 10.0. The van der Waals surface area contributed by atoms with Crippen molar-refractivity contribution in [3.8, 4) is 6.07 Å². The summed E-state index contributed by atoms with van der Waals surface area (Å²) in [5, 5.41) is 30.7. The molecule has 0 heterocycles. The predicted octanol–water partition coefficient (Wildman–Crippen LogP) is 2.35. The molecule has 19 heavy (non-hydrogen) atoms. The highest BCUT2D eigenvalue weighted by Gasteiger charge is 2.17. The number of anilines is 2. The smallest absolute Gasteiger partial charge is 0.170 e. The van der Waals surface area contributed by atoms with Crippen molar-refractivity contribution < 1.29 is 10.2 Å². The van der Waals surface area contributed by atoms with E-state index < -0.39 is 12.2 Å². The summed E-state index contributed by atoms with van der Waals surface area (Å²) in [5.74, 6) is 0. The van der Waals surface area contributed by atoms with Crippen LogP contribution in [0.25, 0.3) is 0 Å². The molecule has 2 unspecified atom stereocenters. The number of aliphatic hydroxyl groups excluding tert-OH is 2. The lowest BCUT2D eigenvalue weighted by Crippen LogP contribution is -2.15. The lowest BCUT2D eigenvalue weighted by molar-refractivity contribution is 0.0528. The summed E-state index contributed by atoms with van der Waals surface area (Å²) in [4.78, 5) is 0. The molecule has 0 aliphatic rings.